The van der Waals surface area contributed by atoms with Gasteiger partial charge in [-0.25, -0.2) is 13.8 Å². The van der Waals surface area contributed by atoms with Crippen LogP contribution in [0.2, 0.25) is 0 Å². The van der Waals surface area contributed by atoms with Crippen molar-refractivity contribution < 1.29 is 13.6 Å². The molecule has 1 amide bonds. The summed E-state index contributed by atoms with van der Waals surface area (Å²) >= 11 is 0. The standard InChI is InChI=1S/C13H14F2N4O/c1-6(12(20)17-7-2-3-7)19-11-9(18-13(19)16)5-4-8(14)10(11)15/h4-7H,2-3H2,1H3,(H2,16,18)(H,17,20). The third-order valence-corrected chi connectivity index (χ3v) is 3.46. The van der Waals surface area contributed by atoms with Crippen LogP contribution in [0, 0.1) is 11.6 Å². The van der Waals surface area contributed by atoms with Crippen molar-refractivity contribution in [2.24, 2.45) is 0 Å². The molecule has 1 heterocycles. The molecule has 1 atom stereocenters. The third-order valence-electron chi connectivity index (χ3n) is 3.46. The Morgan fingerprint density at radius 2 is 2.20 bits per heavy atom. The first kappa shape index (κ1) is 12.8. The number of imidazole rings is 1. The normalized spacial score (nSPS) is 16.4. The highest BCUT2D eigenvalue weighted by Crippen LogP contribution is 2.27. The van der Waals surface area contributed by atoms with Crippen molar-refractivity contribution in [3.8, 4) is 0 Å². The molecule has 0 radical (unpaired) electrons. The van der Waals surface area contributed by atoms with Crippen LogP contribution >= 0.6 is 0 Å². The molecule has 106 valence electrons. The summed E-state index contributed by atoms with van der Waals surface area (Å²) in [6.07, 6.45) is 1.89. The number of hydrogen-bond donors (Lipinski definition) is 2. The summed E-state index contributed by atoms with van der Waals surface area (Å²) in [5, 5.41) is 2.81. The quantitative estimate of drug-likeness (QED) is 0.899. The molecule has 2 aromatic rings. The molecular weight excluding hydrogens is 266 g/mol. The summed E-state index contributed by atoms with van der Waals surface area (Å²) < 4.78 is 28.5. The average Bonchev–Trinajstić information content (AvgIpc) is 3.14. The molecule has 0 spiro atoms. The van der Waals surface area contributed by atoms with E-state index in [-0.39, 0.29) is 28.9 Å². The van der Waals surface area contributed by atoms with Gasteiger partial charge < -0.3 is 11.1 Å². The van der Waals surface area contributed by atoms with Crippen molar-refractivity contribution in [1.82, 2.24) is 14.9 Å². The van der Waals surface area contributed by atoms with E-state index in [2.05, 4.69) is 10.3 Å². The maximum atomic E-state index is 13.9. The van der Waals surface area contributed by atoms with Gasteiger partial charge in [0.05, 0.1) is 5.52 Å². The Hall–Kier alpha value is -2.18. The Balaban J connectivity index is 2.07. The van der Waals surface area contributed by atoms with E-state index in [1.165, 1.54) is 10.6 Å². The number of benzene rings is 1. The number of hydrogen-bond acceptors (Lipinski definition) is 3. The molecule has 0 saturated heterocycles. The summed E-state index contributed by atoms with van der Waals surface area (Å²) in [4.78, 5) is 16.0. The Kier molecular flexibility index (Phi) is 2.84. The molecule has 3 N–H and O–H groups in total. The maximum absolute atomic E-state index is 13.9. The first-order chi connectivity index (χ1) is 9.49. The molecule has 1 aliphatic carbocycles. The highest BCUT2D eigenvalue weighted by atomic mass is 19.2. The van der Waals surface area contributed by atoms with E-state index in [0.29, 0.717) is 0 Å². The van der Waals surface area contributed by atoms with E-state index in [1.54, 1.807) is 6.92 Å². The number of nitrogens with two attached hydrogens (primary N) is 1. The predicted octanol–water partition coefficient (Wildman–Crippen LogP) is 1.74. The Bertz CT molecular complexity index is 693. The zero-order valence-corrected chi connectivity index (χ0v) is 10.9. The lowest BCUT2D eigenvalue weighted by Gasteiger charge is -2.16. The monoisotopic (exact) mass is 280 g/mol. The lowest BCUT2D eigenvalue weighted by Crippen LogP contribution is -2.33. The SMILES string of the molecule is CC(C(=O)NC1CC1)n1c(N)nc2ccc(F)c(F)c21. The van der Waals surface area contributed by atoms with Gasteiger partial charge in [-0.1, -0.05) is 0 Å². The van der Waals surface area contributed by atoms with Gasteiger partial charge in [-0.2, -0.15) is 0 Å². The number of nitrogens with zero attached hydrogens (tertiary/aromatic N) is 2. The van der Waals surface area contributed by atoms with Crippen LogP contribution in [0.3, 0.4) is 0 Å². The van der Waals surface area contributed by atoms with Crippen LogP contribution in [0.25, 0.3) is 11.0 Å². The smallest absolute Gasteiger partial charge is 0.243 e. The fraction of sp³-hybridized carbons (Fsp3) is 0.385. The van der Waals surface area contributed by atoms with Crippen LogP contribution in [0.15, 0.2) is 12.1 Å². The molecule has 1 saturated carbocycles. The van der Waals surface area contributed by atoms with Gasteiger partial charge >= 0.3 is 0 Å². The molecule has 5 nitrogen and oxygen atoms in total. The molecule has 1 aromatic carbocycles. The molecule has 1 fully saturated rings. The average molecular weight is 280 g/mol. The number of carbonyl (C=O) groups excluding carboxylic acids is 1. The minimum absolute atomic E-state index is 0.0112. The number of amides is 1. The second kappa shape index (κ2) is 4.43. The van der Waals surface area contributed by atoms with Crippen molar-refractivity contribution in [3.05, 3.63) is 23.8 Å². The Morgan fingerprint density at radius 1 is 1.50 bits per heavy atom. The number of halogens is 2. The molecule has 1 unspecified atom stereocenters. The van der Waals surface area contributed by atoms with Gasteiger partial charge in [-0.3, -0.25) is 9.36 Å². The fourth-order valence-corrected chi connectivity index (χ4v) is 2.20. The molecular formula is C13H14F2N4O. The summed E-state index contributed by atoms with van der Waals surface area (Å²) in [6, 6.07) is 1.76. The molecule has 7 heteroatoms. The van der Waals surface area contributed by atoms with E-state index >= 15 is 0 Å². The van der Waals surface area contributed by atoms with E-state index in [0.717, 1.165) is 18.9 Å². The number of carbonyl (C=O) groups is 1. The molecule has 0 bridgehead atoms. The largest absolute Gasteiger partial charge is 0.369 e. The molecule has 3 rings (SSSR count). The minimum Gasteiger partial charge on any atom is -0.369 e. The Morgan fingerprint density at radius 3 is 2.85 bits per heavy atom. The summed E-state index contributed by atoms with van der Waals surface area (Å²) in [6.45, 7) is 1.58. The van der Waals surface area contributed by atoms with Crippen LogP contribution in [-0.4, -0.2) is 21.5 Å². The van der Waals surface area contributed by atoms with Crippen LogP contribution < -0.4 is 11.1 Å². The molecule has 1 aliphatic rings. The first-order valence-corrected chi connectivity index (χ1v) is 6.41. The van der Waals surface area contributed by atoms with Crippen LogP contribution in [0.4, 0.5) is 14.7 Å². The topological polar surface area (TPSA) is 72.9 Å². The Labute approximate surface area is 113 Å². The zero-order valence-electron chi connectivity index (χ0n) is 10.9. The van der Waals surface area contributed by atoms with E-state index in [4.69, 9.17) is 5.73 Å². The number of aromatic nitrogens is 2. The van der Waals surface area contributed by atoms with Gasteiger partial charge in [0.2, 0.25) is 11.9 Å². The van der Waals surface area contributed by atoms with Crippen molar-refractivity contribution in [1.29, 1.82) is 0 Å². The summed E-state index contributed by atoms with van der Waals surface area (Å²) in [5.41, 5.74) is 5.89. The molecule has 1 aromatic heterocycles. The summed E-state index contributed by atoms with van der Waals surface area (Å²) in [7, 11) is 0. The zero-order chi connectivity index (χ0) is 14.4. The van der Waals surface area contributed by atoms with Crippen molar-refractivity contribution in [2.45, 2.75) is 31.8 Å². The van der Waals surface area contributed by atoms with E-state index in [9.17, 15) is 13.6 Å². The van der Waals surface area contributed by atoms with Gasteiger partial charge in [-0.15, -0.1) is 0 Å². The lowest BCUT2D eigenvalue weighted by molar-refractivity contribution is -0.123. The van der Waals surface area contributed by atoms with Crippen molar-refractivity contribution >= 4 is 22.9 Å². The number of nitrogen functional groups attached to an aromatic ring is 1. The van der Waals surface area contributed by atoms with Crippen LogP contribution in [0.1, 0.15) is 25.8 Å². The van der Waals surface area contributed by atoms with Gasteiger partial charge in [0.1, 0.15) is 11.6 Å². The van der Waals surface area contributed by atoms with E-state index in [1.807, 2.05) is 0 Å². The molecule has 0 aliphatic heterocycles. The van der Waals surface area contributed by atoms with Gasteiger partial charge in [-0.05, 0) is 31.9 Å². The number of fused-ring (bicyclic) bond motifs is 1. The van der Waals surface area contributed by atoms with Gasteiger partial charge in [0.15, 0.2) is 11.6 Å². The van der Waals surface area contributed by atoms with Crippen molar-refractivity contribution in [3.63, 3.8) is 0 Å². The molecule has 20 heavy (non-hydrogen) atoms. The second-order valence-electron chi connectivity index (χ2n) is 5.03. The number of rotatable bonds is 3. The highest BCUT2D eigenvalue weighted by Gasteiger charge is 2.28. The van der Waals surface area contributed by atoms with Gasteiger partial charge in [0, 0.05) is 6.04 Å². The van der Waals surface area contributed by atoms with Crippen LogP contribution in [0.5, 0.6) is 0 Å². The minimum atomic E-state index is -1.04. The highest BCUT2D eigenvalue weighted by molar-refractivity contribution is 5.86. The summed E-state index contributed by atoms with van der Waals surface area (Å²) in [5.74, 6) is -2.32. The number of anilines is 1. The van der Waals surface area contributed by atoms with Gasteiger partial charge in [0.25, 0.3) is 0 Å². The van der Waals surface area contributed by atoms with Crippen LogP contribution in [-0.2, 0) is 4.79 Å². The predicted molar refractivity (Wildman–Crippen MR) is 69.9 cm³/mol. The second-order valence-corrected chi connectivity index (χ2v) is 5.03. The first-order valence-electron chi connectivity index (χ1n) is 6.41. The van der Waals surface area contributed by atoms with E-state index < -0.39 is 17.7 Å². The number of nitrogens with one attached hydrogen (secondary N) is 1. The lowest BCUT2D eigenvalue weighted by atomic mass is 10.2. The maximum Gasteiger partial charge on any atom is 0.243 e. The fourth-order valence-electron chi connectivity index (χ4n) is 2.20. The third kappa shape index (κ3) is 1.99. The van der Waals surface area contributed by atoms with Crippen molar-refractivity contribution in [2.75, 3.05) is 5.73 Å².